The predicted octanol–water partition coefficient (Wildman–Crippen LogP) is 3.70. The Bertz CT molecular complexity index is 269. The summed E-state index contributed by atoms with van der Waals surface area (Å²) in [5.74, 6) is 1.25. The Morgan fingerprint density at radius 2 is 2.08 bits per heavy atom. The minimum Gasteiger partial charge on any atom is -0.190 e. The number of rotatable bonds is 2. The number of nitrogens with zero attached hydrogens (tertiary/aromatic N) is 1. The molecule has 4 heteroatoms. The largest absolute Gasteiger partial charge is 0.190 e. The highest BCUT2D eigenvalue weighted by molar-refractivity contribution is 8.12. The molecule has 1 aliphatic rings. The van der Waals surface area contributed by atoms with E-state index in [0.29, 0.717) is 0 Å². The van der Waals surface area contributed by atoms with E-state index in [0.717, 1.165) is 5.02 Å². The van der Waals surface area contributed by atoms with E-state index in [-0.39, 0.29) is 0 Å². The van der Waals surface area contributed by atoms with E-state index in [1.165, 1.54) is 23.6 Å². The molecule has 1 aliphatic heterocycles. The zero-order chi connectivity index (χ0) is 9.10. The summed E-state index contributed by atoms with van der Waals surface area (Å²) in [7, 11) is 0. The highest BCUT2D eigenvalue weighted by Crippen LogP contribution is 2.33. The highest BCUT2D eigenvalue weighted by atomic mass is 35.5. The summed E-state index contributed by atoms with van der Waals surface area (Å²) in [5.41, 5.74) is 0. The van der Waals surface area contributed by atoms with E-state index in [1.807, 2.05) is 24.1 Å². The van der Waals surface area contributed by atoms with Crippen LogP contribution in [0.5, 0.6) is 0 Å². The fourth-order valence-corrected chi connectivity index (χ4v) is 3.36. The smallest absolute Gasteiger partial charge is 0.0406 e. The number of halogens is 1. The Morgan fingerprint density at radius 1 is 1.31 bits per heavy atom. The predicted molar refractivity (Wildman–Crippen MR) is 61.1 cm³/mol. The van der Waals surface area contributed by atoms with Crippen LogP contribution in [0, 0.1) is 0 Å². The van der Waals surface area contributed by atoms with Crippen molar-refractivity contribution in [1.29, 1.82) is 0 Å². The van der Waals surface area contributed by atoms with Gasteiger partial charge in [-0.05, 0) is 42.6 Å². The Labute approximate surface area is 92.1 Å². The zero-order valence-electron chi connectivity index (χ0n) is 7.07. The fraction of sp³-hybridized carbons (Fsp3) is 0.333. The first-order chi connectivity index (χ1) is 6.34. The van der Waals surface area contributed by atoms with Gasteiger partial charge < -0.3 is 0 Å². The van der Waals surface area contributed by atoms with Gasteiger partial charge in [0.15, 0.2) is 0 Å². The van der Waals surface area contributed by atoms with E-state index < -0.39 is 0 Å². The molecule has 0 radical (unpaired) electrons. The lowest BCUT2D eigenvalue weighted by Crippen LogP contribution is -1.98. The van der Waals surface area contributed by atoms with Crippen molar-refractivity contribution in [1.82, 2.24) is 3.71 Å². The minimum atomic E-state index is 0.804. The maximum Gasteiger partial charge on any atom is 0.0406 e. The highest BCUT2D eigenvalue weighted by Gasteiger charge is 2.13. The summed E-state index contributed by atoms with van der Waals surface area (Å²) in [5, 5.41) is 0.804. The molecular weight excluding hydrogens is 222 g/mol. The average molecular weight is 232 g/mol. The summed E-state index contributed by atoms with van der Waals surface area (Å²) in [4.78, 5) is 1.26. The third-order valence-corrected chi connectivity index (χ3v) is 4.34. The molecule has 0 atom stereocenters. The first-order valence-electron chi connectivity index (χ1n) is 4.18. The van der Waals surface area contributed by atoms with Gasteiger partial charge in [-0.1, -0.05) is 23.5 Å². The first-order valence-corrected chi connectivity index (χ1v) is 6.28. The molecule has 1 saturated heterocycles. The molecule has 0 saturated carbocycles. The van der Waals surface area contributed by atoms with Gasteiger partial charge in [0.1, 0.15) is 0 Å². The van der Waals surface area contributed by atoms with Gasteiger partial charge in [-0.25, -0.2) is 0 Å². The maximum atomic E-state index is 5.80. The molecule has 0 aromatic heterocycles. The van der Waals surface area contributed by atoms with Crippen LogP contribution in [0.4, 0.5) is 0 Å². The maximum absolute atomic E-state index is 5.80. The SMILES string of the molecule is Clc1ccc(SN2CCCS2)cc1. The Hall–Kier alpha value is 0.170. The summed E-state index contributed by atoms with van der Waals surface area (Å²) in [6.45, 7) is 1.18. The second-order valence-electron chi connectivity index (χ2n) is 2.79. The molecule has 1 heterocycles. The normalized spacial score (nSPS) is 17.9. The Balaban J connectivity index is 1.97. The zero-order valence-corrected chi connectivity index (χ0v) is 9.46. The molecule has 1 aromatic rings. The molecule has 70 valence electrons. The molecule has 0 amide bonds. The van der Waals surface area contributed by atoms with Gasteiger partial charge in [0.25, 0.3) is 0 Å². The van der Waals surface area contributed by atoms with Gasteiger partial charge in [-0.15, -0.1) is 0 Å². The van der Waals surface area contributed by atoms with Crippen molar-refractivity contribution in [2.75, 3.05) is 12.3 Å². The lowest BCUT2D eigenvalue weighted by molar-refractivity contribution is 0.760. The molecule has 1 fully saturated rings. The first kappa shape index (κ1) is 9.71. The lowest BCUT2D eigenvalue weighted by atomic mass is 10.4. The van der Waals surface area contributed by atoms with Crippen molar-refractivity contribution in [2.24, 2.45) is 0 Å². The van der Waals surface area contributed by atoms with Crippen LogP contribution in [0.25, 0.3) is 0 Å². The van der Waals surface area contributed by atoms with Crippen molar-refractivity contribution in [2.45, 2.75) is 11.3 Å². The second-order valence-corrected chi connectivity index (χ2v) is 5.66. The quantitative estimate of drug-likeness (QED) is 0.715. The van der Waals surface area contributed by atoms with Crippen molar-refractivity contribution in [3.05, 3.63) is 29.3 Å². The van der Waals surface area contributed by atoms with Crippen molar-refractivity contribution < 1.29 is 0 Å². The Morgan fingerprint density at radius 3 is 2.69 bits per heavy atom. The van der Waals surface area contributed by atoms with Crippen LogP contribution in [0.2, 0.25) is 5.02 Å². The van der Waals surface area contributed by atoms with E-state index in [9.17, 15) is 0 Å². The minimum absolute atomic E-state index is 0.804. The van der Waals surface area contributed by atoms with Crippen LogP contribution >= 0.6 is 35.5 Å². The van der Waals surface area contributed by atoms with Gasteiger partial charge in [-0.3, -0.25) is 0 Å². The molecule has 0 aliphatic carbocycles. The molecule has 1 aromatic carbocycles. The van der Waals surface area contributed by atoms with E-state index in [2.05, 4.69) is 15.8 Å². The van der Waals surface area contributed by atoms with E-state index >= 15 is 0 Å². The molecule has 2 rings (SSSR count). The standard InChI is InChI=1S/C9H10ClNS2/c10-8-2-4-9(5-3-8)13-11-6-1-7-12-11/h2-5H,1,6-7H2. The van der Waals surface area contributed by atoms with Gasteiger partial charge >= 0.3 is 0 Å². The topological polar surface area (TPSA) is 3.24 Å². The van der Waals surface area contributed by atoms with Gasteiger partial charge in [-0.2, -0.15) is 3.71 Å². The van der Waals surface area contributed by atoms with E-state index in [4.69, 9.17) is 11.6 Å². The third kappa shape index (κ3) is 2.81. The summed E-state index contributed by atoms with van der Waals surface area (Å²) >= 11 is 9.50. The monoisotopic (exact) mass is 231 g/mol. The van der Waals surface area contributed by atoms with E-state index in [1.54, 1.807) is 11.9 Å². The molecular formula is C9H10ClNS2. The van der Waals surface area contributed by atoms with Crippen LogP contribution in [-0.4, -0.2) is 16.0 Å². The summed E-state index contributed by atoms with van der Waals surface area (Å²) < 4.78 is 2.32. The number of hydrogen-bond donors (Lipinski definition) is 0. The van der Waals surface area contributed by atoms with Crippen molar-refractivity contribution in [3.8, 4) is 0 Å². The molecule has 0 bridgehead atoms. The van der Waals surface area contributed by atoms with Crippen LogP contribution in [0.1, 0.15) is 6.42 Å². The van der Waals surface area contributed by atoms with Gasteiger partial charge in [0, 0.05) is 22.2 Å². The summed E-state index contributed by atoms with van der Waals surface area (Å²) in [6, 6.07) is 7.99. The van der Waals surface area contributed by atoms with Gasteiger partial charge in [0.05, 0.1) is 0 Å². The Kier molecular flexibility index (Phi) is 3.44. The fourth-order valence-electron chi connectivity index (χ4n) is 1.11. The number of benzene rings is 1. The van der Waals surface area contributed by atoms with Crippen LogP contribution in [0.15, 0.2) is 29.2 Å². The van der Waals surface area contributed by atoms with Crippen LogP contribution < -0.4 is 0 Å². The molecule has 0 unspecified atom stereocenters. The van der Waals surface area contributed by atoms with Crippen LogP contribution in [-0.2, 0) is 0 Å². The second kappa shape index (κ2) is 4.60. The summed E-state index contributed by atoms with van der Waals surface area (Å²) in [6.07, 6.45) is 1.30. The average Bonchev–Trinajstić information content (AvgIpc) is 2.62. The number of hydrogen-bond acceptors (Lipinski definition) is 3. The van der Waals surface area contributed by atoms with Gasteiger partial charge in [0.2, 0.25) is 0 Å². The molecule has 1 nitrogen and oxygen atoms in total. The molecule has 13 heavy (non-hydrogen) atoms. The van der Waals surface area contributed by atoms with Crippen molar-refractivity contribution in [3.63, 3.8) is 0 Å². The molecule has 0 spiro atoms. The van der Waals surface area contributed by atoms with Crippen molar-refractivity contribution >= 4 is 35.5 Å². The lowest BCUT2D eigenvalue weighted by Gasteiger charge is -2.11. The van der Waals surface area contributed by atoms with Crippen LogP contribution in [0.3, 0.4) is 0 Å². The molecule has 0 N–H and O–H groups in total. The third-order valence-electron chi connectivity index (χ3n) is 1.74.